The number of carbonyl (C=O) groups is 6. The standard InChI is InChI=1S/C21H28N4O10/c22-10-16(27)23-13(5-7-17(28)29)19(32)24-14(6-8-18(30)31)20(33)25-15(21(34)35)9-11-1-3-12(26)4-2-11/h1-4,13-15,26H,5-10,22H2,(H,23,27)(H,24,32)(H,25,33)(H,28,29)(H,30,31)(H,34,35). The maximum absolute atomic E-state index is 12.8. The molecule has 0 aliphatic heterocycles. The SMILES string of the molecule is NCC(=O)NC(CCC(=O)O)C(=O)NC(CCC(=O)O)C(=O)NC(Cc1ccc(O)cc1)C(=O)O. The van der Waals surface area contributed by atoms with Gasteiger partial charge in [-0.25, -0.2) is 4.79 Å². The van der Waals surface area contributed by atoms with Gasteiger partial charge < -0.3 is 42.1 Å². The Kier molecular flexibility index (Phi) is 11.7. The molecule has 1 rings (SSSR count). The van der Waals surface area contributed by atoms with Crippen LogP contribution >= 0.6 is 0 Å². The first-order valence-electron chi connectivity index (χ1n) is 10.5. The molecular formula is C21H28N4O10. The Morgan fingerprint density at radius 1 is 0.743 bits per heavy atom. The normalized spacial score (nSPS) is 13.1. The summed E-state index contributed by atoms with van der Waals surface area (Å²) in [4.78, 5) is 70.7. The number of amides is 3. The largest absolute Gasteiger partial charge is 0.508 e. The van der Waals surface area contributed by atoms with Gasteiger partial charge in [-0.15, -0.1) is 0 Å². The fraction of sp³-hybridized carbons (Fsp3) is 0.429. The van der Waals surface area contributed by atoms with Gasteiger partial charge in [-0.1, -0.05) is 12.1 Å². The number of nitrogens with two attached hydrogens (primary N) is 1. The predicted octanol–water partition coefficient (Wildman–Crippen LogP) is -1.84. The first-order valence-corrected chi connectivity index (χ1v) is 10.5. The number of hydrogen-bond donors (Lipinski definition) is 8. The fourth-order valence-electron chi connectivity index (χ4n) is 2.94. The van der Waals surface area contributed by atoms with Crippen molar-refractivity contribution in [2.75, 3.05) is 6.54 Å². The van der Waals surface area contributed by atoms with Crippen LogP contribution in [-0.4, -0.2) is 80.7 Å². The van der Waals surface area contributed by atoms with E-state index in [2.05, 4.69) is 16.0 Å². The van der Waals surface area contributed by atoms with Gasteiger partial charge in [0.2, 0.25) is 17.7 Å². The molecule has 0 fully saturated rings. The van der Waals surface area contributed by atoms with Crippen LogP contribution in [0, 0.1) is 0 Å². The summed E-state index contributed by atoms with van der Waals surface area (Å²) >= 11 is 0. The molecule has 9 N–H and O–H groups in total. The lowest BCUT2D eigenvalue weighted by atomic mass is 10.0. The maximum atomic E-state index is 12.8. The number of rotatable bonds is 15. The van der Waals surface area contributed by atoms with Crippen molar-refractivity contribution in [1.82, 2.24) is 16.0 Å². The van der Waals surface area contributed by atoms with Gasteiger partial charge in [-0.2, -0.15) is 0 Å². The van der Waals surface area contributed by atoms with Crippen molar-refractivity contribution in [2.24, 2.45) is 5.73 Å². The summed E-state index contributed by atoms with van der Waals surface area (Å²) in [5, 5.41) is 43.4. The first-order chi connectivity index (χ1) is 16.4. The molecule has 0 aliphatic carbocycles. The highest BCUT2D eigenvalue weighted by molar-refractivity contribution is 5.94. The molecule has 1 aromatic rings. The van der Waals surface area contributed by atoms with Gasteiger partial charge in [0.25, 0.3) is 0 Å². The Morgan fingerprint density at radius 2 is 1.20 bits per heavy atom. The zero-order chi connectivity index (χ0) is 26.5. The molecular weight excluding hydrogens is 468 g/mol. The van der Waals surface area contributed by atoms with Gasteiger partial charge in [-0.05, 0) is 30.5 Å². The average Bonchev–Trinajstić information content (AvgIpc) is 2.79. The fourth-order valence-corrected chi connectivity index (χ4v) is 2.94. The first kappa shape index (κ1) is 28.8. The number of phenolic OH excluding ortho intramolecular Hbond substituents is 1. The lowest BCUT2D eigenvalue weighted by molar-refractivity contribution is -0.143. The second kappa shape index (κ2) is 14.1. The van der Waals surface area contributed by atoms with Crippen molar-refractivity contribution in [1.29, 1.82) is 0 Å². The quantitative estimate of drug-likeness (QED) is 0.134. The van der Waals surface area contributed by atoms with Crippen molar-refractivity contribution in [3.8, 4) is 5.75 Å². The highest BCUT2D eigenvalue weighted by atomic mass is 16.4. The van der Waals surface area contributed by atoms with E-state index in [1.807, 2.05) is 0 Å². The second-order valence-corrected chi connectivity index (χ2v) is 7.52. The minimum atomic E-state index is -1.50. The van der Waals surface area contributed by atoms with Gasteiger partial charge in [0, 0.05) is 19.3 Å². The average molecular weight is 496 g/mol. The van der Waals surface area contributed by atoms with Crippen LogP contribution in [-0.2, 0) is 35.2 Å². The van der Waals surface area contributed by atoms with Gasteiger partial charge in [0.1, 0.15) is 23.9 Å². The lowest BCUT2D eigenvalue weighted by Crippen LogP contribution is -2.56. The molecule has 14 heteroatoms. The Hall–Kier alpha value is -4.20. The number of benzene rings is 1. The highest BCUT2D eigenvalue weighted by Gasteiger charge is 2.30. The van der Waals surface area contributed by atoms with Crippen molar-refractivity contribution < 1.29 is 49.2 Å². The number of carboxylic acids is 3. The summed E-state index contributed by atoms with van der Waals surface area (Å²) in [6.45, 7) is -0.489. The van der Waals surface area contributed by atoms with Crippen LogP contribution in [0.1, 0.15) is 31.2 Å². The molecule has 0 saturated carbocycles. The van der Waals surface area contributed by atoms with Gasteiger partial charge in [0.05, 0.1) is 6.54 Å². The van der Waals surface area contributed by atoms with E-state index < -0.39 is 79.6 Å². The Morgan fingerprint density at radius 3 is 1.63 bits per heavy atom. The second-order valence-electron chi connectivity index (χ2n) is 7.52. The highest BCUT2D eigenvalue weighted by Crippen LogP contribution is 2.12. The van der Waals surface area contributed by atoms with Gasteiger partial charge >= 0.3 is 17.9 Å². The molecule has 35 heavy (non-hydrogen) atoms. The molecule has 0 radical (unpaired) electrons. The topological polar surface area (TPSA) is 245 Å². The van der Waals surface area contributed by atoms with Gasteiger partial charge in [0.15, 0.2) is 0 Å². The number of hydrogen-bond acceptors (Lipinski definition) is 8. The smallest absolute Gasteiger partial charge is 0.326 e. The van der Waals surface area contributed by atoms with Crippen LogP contribution in [0.15, 0.2) is 24.3 Å². The molecule has 14 nitrogen and oxygen atoms in total. The molecule has 0 spiro atoms. The van der Waals surface area contributed by atoms with Crippen LogP contribution in [0.5, 0.6) is 5.75 Å². The van der Waals surface area contributed by atoms with E-state index in [1.54, 1.807) is 0 Å². The minimum Gasteiger partial charge on any atom is -0.508 e. The molecule has 0 heterocycles. The van der Waals surface area contributed by atoms with E-state index in [-0.39, 0.29) is 18.6 Å². The Balaban J connectivity index is 3.02. The molecule has 3 amide bonds. The molecule has 3 unspecified atom stereocenters. The predicted molar refractivity (Wildman–Crippen MR) is 118 cm³/mol. The number of aromatic hydroxyl groups is 1. The van der Waals surface area contributed by atoms with Crippen LogP contribution in [0.4, 0.5) is 0 Å². The Labute approximate surface area is 199 Å². The number of nitrogens with one attached hydrogen (secondary N) is 3. The molecule has 0 aliphatic rings. The molecule has 3 atom stereocenters. The van der Waals surface area contributed by atoms with Crippen LogP contribution in [0.25, 0.3) is 0 Å². The summed E-state index contributed by atoms with van der Waals surface area (Å²) in [5.41, 5.74) is 5.67. The third-order valence-electron chi connectivity index (χ3n) is 4.75. The summed E-state index contributed by atoms with van der Waals surface area (Å²) in [6, 6.07) is 1.24. The van der Waals surface area contributed by atoms with Crippen LogP contribution in [0.2, 0.25) is 0 Å². The summed E-state index contributed by atoms with van der Waals surface area (Å²) in [6.07, 6.45) is -1.96. The van der Waals surface area contributed by atoms with Crippen molar-refractivity contribution >= 4 is 35.6 Å². The van der Waals surface area contributed by atoms with Crippen molar-refractivity contribution in [3.63, 3.8) is 0 Å². The van der Waals surface area contributed by atoms with E-state index in [4.69, 9.17) is 15.9 Å². The van der Waals surface area contributed by atoms with E-state index in [0.29, 0.717) is 5.56 Å². The third-order valence-corrected chi connectivity index (χ3v) is 4.75. The Bertz CT molecular complexity index is 935. The summed E-state index contributed by atoms with van der Waals surface area (Å²) in [5.74, 6) is -6.69. The van der Waals surface area contributed by atoms with Crippen molar-refractivity contribution in [2.45, 2.75) is 50.2 Å². The minimum absolute atomic E-state index is 0.0414. The van der Waals surface area contributed by atoms with E-state index in [0.717, 1.165) is 0 Å². The number of aliphatic carboxylic acids is 3. The van der Waals surface area contributed by atoms with Crippen LogP contribution < -0.4 is 21.7 Å². The van der Waals surface area contributed by atoms with E-state index in [1.165, 1.54) is 24.3 Å². The summed E-state index contributed by atoms with van der Waals surface area (Å²) < 4.78 is 0. The van der Waals surface area contributed by atoms with Crippen LogP contribution in [0.3, 0.4) is 0 Å². The summed E-state index contributed by atoms with van der Waals surface area (Å²) in [7, 11) is 0. The number of carbonyl (C=O) groups excluding carboxylic acids is 3. The monoisotopic (exact) mass is 496 g/mol. The molecule has 1 aromatic carbocycles. The van der Waals surface area contributed by atoms with Crippen molar-refractivity contribution in [3.05, 3.63) is 29.8 Å². The number of phenols is 1. The van der Waals surface area contributed by atoms with E-state index >= 15 is 0 Å². The number of carboxylic acid groups (broad SMARTS) is 3. The molecule has 0 saturated heterocycles. The third kappa shape index (κ3) is 11.0. The zero-order valence-electron chi connectivity index (χ0n) is 18.6. The molecule has 192 valence electrons. The van der Waals surface area contributed by atoms with Gasteiger partial charge in [-0.3, -0.25) is 24.0 Å². The maximum Gasteiger partial charge on any atom is 0.326 e. The van der Waals surface area contributed by atoms with E-state index in [9.17, 15) is 39.0 Å². The lowest BCUT2D eigenvalue weighted by Gasteiger charge is -2.24. The molecule has 0 aromatic heterocycles. The molecule has 0 bridgehead atoms. The zero-order valence-corrected chi connectivity index (χ0v) is 18.6.